The number of nitrogens with one attached hydrogen (secondary N) is 4. The number of hydrogen-bond donors (Lipinski definition) is 5. The lowest BCUT2D eigenvalue weighted by atomic mass is 9.85. The number of ether oxygens (including phenoxy) is 3. The highest BCUT2D eigenvalue weighted by molar-refractivity contribution is 7.85. The minimum absolute atomic E-state index is 0.0184. The average molecular weight is 1160 g/mol. The predicted octanol–water partition coefficient (Wildman–Crippen LogP) is 7.70. The fourth-order valence-electron chi connectivity index (χ4n) is 8.72. The van der Waals surface area contributed by atoms with E-state index >= 15 is 0 Å². The quantitative estimate of drug-likeness (QED) is 0.0525. The summed E-state index contributed by atoms with van der Waals surface area (Å²) in [5, 5.41) is 17.5. The van der Waals surface area contributed by atoms with E-state index in [4.69, 9.17) is 51.6 Å². The number of carbonyl (C=O) groups is 4. The first kappa shape index (κ1) is 58.2. The lowest BCUT2D eigenvalue weighted by Gasteiger charge is -2.35. The predicted molar refractivity (Wildman–Crippen MR) is 291 cm³/mol. The summed E-state index contributed by atoms with van der Waals surface area (Å²) in [6, 6.07) is 16.1. The summed E-state index contributed by atoms with van der Waals surface area (Å²) in [7, 11) is -7.11. The normalized spacial score (nSPS) is 19.8. The van der Waals surface area contributed by atoms with Crippen LogP contribution in [0, 0.1) is 11.3 Å². The third-order valence-electron chi connectivity index (χ3n) is 12.6. The molecule has 414 valence electrons. The van der Waals surface area contributed by atoms with Gasteiger partial charge in [0.15, 0.2) is 5.13 Å². The van der Waals surface area contributed by atoms with Crippen LogP contribution >= 0.6 is 34.5 Å². The minimum Gasteiger partial charge on any atom is -0.497 e. The highest BCUT2D eigenvalue weighted by Crippen LogP contribution is 2.45. The standard InChI is InChI=1S/C45H54ClN7O10S2.C6H6ClNO3S/c1-8-26-22-45(26,41(56)52-65(58,59)63-29-15-13-27(46)14-16-29)51-39(54)36-20-31(23-53(36)40(55)38(44(4,5)6)50-43(57)62-28-11-9-10-12-28)61-37-21-34(35-24-64-42(49-35)47-25(2)3)48-33-19-30(60-7)17-18-32(33)37;7-5-1-3-6(4-2-5)11-12(8,9)10/h8,13-19,21,24-26,28,31,36,38H,1,9-12,20,22-23H2,2-7H3,(H,47,49)(H,50,57)(H,51,54)(H,52,56);1-4H,(H2,8,9,10)/t26-,31-,36+,38-,45-;/m1./s1. The largest absolute Gasteiger partial charge is 0.497 e. The number of aromatic nitrogens is 2. The van der Waals surface area contributed by atoms with Crippen LogP contribution in [-0.4, -0.2) is 105 Å². The van der Waals surface area contributed by atoms with E-state index in [1.807, 2.05) is 23.9 Å². The Morgan fingerprint density at radius 1 is 0.883 bits per heavy atom. The Hall–Kier alpha value is -6.44. The van der Waals surface area contributed by atoms with E-state index in [0.717, 1.165) is 25.7 Å². The first-order chi connectivity index (χ1) is 36.2. The molecule has 2 aliphatic carbocycles. The Morgan fingerprint density at radius 2 is 1.51 bits per heavy atom. The molecule has 3 aliphatic rings. The molecule has 2 aromatic heterocycles. The van der Waals surface area contributed by atoms with Gasteiger partial charge in [-0.15, -0.1) is 17.9 Å². The minimum atomic E-state index is -4.73. The monoisotopic (exact) mass is 1160 g/mol. The molecule has 77 heavy (non-hydrogen) atoms. The Morgan fingerprint density at radius 3 is 2.08 bits per heavy atom. The first-order valence-electron chi connectivity index (χ1n) is 24.3. The van der Waals surface area contributed by atoms with Gasteiger partial charge in [-0.1, -0.05) is 50.0 Å². The van der Waals surface area contributed by atoms with Gasteiger partial charge in [0.2, 0.25) is 11.8 Å². The number of likely N-dealkylation sites (tertiary alicyclic amines) is 1. The van der Waals surface area contributed by atoms with Gasteiger partial charge in [-0.25, -0.2) is 19.5 Å². The Bertz CT molecular complexity index is 3210. The third kappa shape index (κ3) is 15.4. The molecule has 5 aromatic rings. The molecule has 0 radical (unpaired) electrons. The molecule has 1 aliphatic heterocycles. The van der Waals surface area contributed by atoms with Crippen molar-refractivity contribution in [3.8, 4) is 34.4 Å². The lowest BCUT2D eigenvalue weighted by Crippen LogP contribution is -2.60. The number of amides is 4. The van der Waals surface area contributed by atoms with Gasteiger partial charge in [0.05, 0.1) is 24.9 Å². The van der Waals surface area contributed by atoms with E-state index < -0.39 is 79.5 Å². The number of pyridine rings is 1. The number of carbonyl (C=O) groups excluding carboxylic acids is 4. The molecule has 0 unspecified atom stereocenters. The van der Waals surface area contributed by atoms with Crippen LogP contribution in [0.4, 0.5) is 9.93 Å². The molecular formula is C51H60Cl2N8O13S3. The second-order valence-corrected chi connectivity index (χ2v) is 24.1. The molecule has 3 aromatic carbocycles. The van der Waals surface area contributed by atoms with Crippen molar-refractivity contribution in [2.75, 3.05) is 19.0 Å². The van der Waals surface area contributed by atoms with Crippen LogP contribution < -0.4 is 43.7 Å². The summed E-state index contributed by atoms with van der Waals surface area (Å²) in [5.74, 6) is -2.05. The second-order valence-electron chi connectivity index (χ2n) is 19.9. The fourth-order valence-corrected chi connectivity index (χ4v) is 11.0. The highest BCUT2D eigenvalue weighted by atomic mass is 35.5. The molecular weight excluding hydrogens is 1100 g/mol. The van der Waals surface area contributed by atoms with Crippen LogP contribution in [0.2, 0.25) is 10.0 Å². The highest BCUT2D eigenvalue weighted by Gasteiger charge is 2.62. The number of rotatable bonds is 18. The zero-order chi connectivity index (χ0) is 56.0. The summed E-state index contributed by atoms with van der Waals surface area (Å²) >= 11 is 12.9. The molecule has 26 heteroatoms. The number of fused-ring (bicyclic) bond motifs is 1. The Kier molecular flexibility index (Phi) is 18.2. The van der Waals surface area contributed by atoms with Gasteiger partial charge in [-0.05, 0) is 112 Å². The molecule has 0 spiro atoms. The number of alkyl carbamates (subject to hydrolysis) is 1. The summed E-state index contributed by atoms with van der Waals surface area (Å²) in [6.07, 6.45) is 2.90. The fraction of sp³-hybridized carbons (Fsp3) is 0.412. The molecule has 4 amide bonds. The van der Waals surface area contributed by atoms with Gasteiger partial charge < -0.3 is 43.4 Å². The summed E-state index contributed by atoms with van der Waals surface area (Å²) in [6.45, 7) is 13.1. The van der Waals surface area contributed by atoms with E-state index in [1.54, 1.807) is 52.1 Å². The number of anilines is 1. The lowest BCUT2D eigenvalue weighted by molar-refractivity contribution is -0.143. The number of hydrogen-bond acceptors (Lipinski definition) is 17. The van der Waals surface area contributed by atoms with Crippen molar-refractivity contribution in [1.82, 2.24) is 30.2 Å². The summed E-state index contributed by atoms with van der Waals surface area (Å²) in [4.78, 5) is 67.7. The zero-order valence-electron chi connectivity index (χ0n) is 42.9. The average Bonchev–Trinajstić information content (AvgIpc) is 3.91. The van der Waals surface area contributed by atoms with Gasteiger partial charge in [-0.2, -0.15) is 22.0 Å². The van der Waals surface area contributed by atoms with Gasteiger partial charge >= 0.3 is 26.7 Å². The van der Waals surface area contributed by atoms with Crippen molar-refractivity contribution in [2.24, 2.45) is 16.5 Å². The first-order valence-corrected chi connectivity index (χ1v) is 28.9. The molecule has 0 bridgehead atoms. The number of benzene rings is 3. The summed E-state index contributed by atoms with van der Waals surface area (Å²) < 4.78 is 76.2. The van der Waals surface area contributed by atoms with E-state index in [0.29, 0.717) is 49.0 Å². The number of nitrogens with zero attached hydrogens (tertiary/aromatic N) is 3. The molecule has 1 saturated heterocycles. The van der Waals surface area contributed by atoms with Crippen LogP contribution in [0.15, 0.2) is 90.8 Å². The smallest absolute Gasteiger partial charge is 0.409 e. The summed E-state index contributed by atoms with van der Waals surface area (Å²) in [5.41, 5.74) is -0.946. The third-order valence-corrected chi connectivity index (χ3v) is 15.1. The number of halogens is 2. The topological polar surface area (TPSA) is 286 Å². The molecule has 21 nitrogen and oxygen atoms in total. The SMILES string of the molecule is C=C[C@@H]1C[C@]1(NC(=O)[C@@H]1C[C@@H](Oc2cc(-c3csc(NC(C)C)n3)nc3cc(OC)ccc23)CN1C(=O)[C@@H](NC(=O)OC1CCCC1)C(C)(C)C)C(=O)NS(=O)(=O)Oc1ccc(Cl)cc1.NS(=O)(=O)Oc1ccc(Cl)cc1. The number of thiazole rings is 1. The van der Waals surface area contributed by atoms with Crippen LogP contribution in [0.3, 0.4) is 0 Å². The van der Waals surface area contributed by atoms with E-state index in [1.165, 1.54) is 70.8 Å². The molecule has 2 saturated carbocycles. The number of methoxy groups -OCH3 is 1. The second kappa shape index (κ2) is 24.1. The van der Waals surface area contributed by atoms with Gasteiger partial charge in [0, 0.05) is 51.3 Å². The van der Waals surface area contributed by atoms with Crippen LogP contribution in [-0.2, 0) is 39.7 Å². The van der Waals surface area contributed by atoms with E-state index in [2.05, 4.69) is 31.9 Å². The zero-order valence-corrected chi connectivity index (χ0v) is 46.9. The Labute approximate surface area is 461 Å². The maximum atomic E-state index is 14.9. The molecule has 3 fully saturated rings. The van der Waals surface area contributed by atoms with Crippen molar-refractivity contribution in [1.29, 1.82) is 0 Å². The van der Waals surface area contributed by atoms with Crippen molar-refractivity contribution < 1.29 is 58.6 Å². The van der Waals surface area contributed by atoms with Crippen LogP contribution in [0.1, 0.15) is 73.1 Å². The molecule has 6 N–H and O–H groups in total. The molecule has 3 heterocycles. The Balaban J connectivity index is 0.000000633. The van der Waals surface area contributed by atoms with Crippen LogP contribution in [0.5, 0.6) is 23.0 Å². The number of nitrogens with two attached hydrogens (primary N) is 1. The van der Waals surface area contributed by atoms with Crippen LogP contribution in [0.25, 0.3) is 22.3 Å². The molecule has 5 atom stereocenters. The maximum Gasteiger partial charge on any atom is 0.409 e. The van der Waals surface area contributed by atoms with Crippen molar-refractivity contribution in [3.63, 3.8) is 0 Å². The van der Waals surface area contributed by atoms with E-state index in [9.17, 15) is 36.0 Å². The maximum absolute atomic E-state index is 14.9. The van der Waals surface area contributed by atoms with Crippen molar-refractivity contribution in [3.05, 3.63) is 101 Å². The van der Waals surface area contributed by atoms with E-state index in [-0.39, 0.29) is 43.0 Å². The van der Waals surface area contributed by atoms with Crippen molar-refractivity contribution in [2.45, 2.75) is 109 Å². The van der Waals surface area contributed by atoms with Gasteiger partial charge in [0.25, 0.3) is 5.91 Å². The van der Waals surface area contributed by atoms with Gasteiger partial charge in [0.1, 0.15) is 58.5 Å². The van der Waals surface area contributed by atoms with Crippen molar-refractivity contribution >= 4 is 95.0 Å². The molecule has 8 rings (SSSR count). The van der Waals surface area contributed by atoms with Gasteiger partial charge in [-0.3, -0.25) is 14.4 Å².